The van der Waals surface area contributed by atoms with Crippen molar-refractivity contribution in [1.29, 1.82) is 0 Å². The molecule has 0 atom stereocenters. The molecule has 0 radical (unpaired) electrons. The van der Waals surface area contributed by atoms with Crippen molar-refractivity contribution in [3.8, 4) is 11.4 Å². The number of hydrogen-bond donors (Lipinski definition) is 1. The van der Waals surface area contributed by atoms with Crippen molar-refractivity contribution in [2.75, 3.05) is 5.73 Å². The Morgan fingerprint density at radius 1 is 1.08 bits per heavy atom. The quantitative estimate of drug-likeness (QED) is 0.700. The molecule has 0 amide bonds. The number of rotatable bonds is 1. The summed E-state index contributed by atoms with van der Waals surface area (Å²) in [6.07, 6.45) is 4.90. The molecule has 0 aromatic carbocycles. The molecule has 0 unspecified atom stereocenters. The first-order valence-electron chi connectivity index (χ1n) is 3.85. The molecule has 0 aliphatic rings. The van der Waals surface area contributed by atoms with Crippen LogP contribution in [-0.4, -0.2) is 15.0 Å². The Bertz CT molecular complexity index is 399. The Morgan fingerprint density at radius 2 is 2.00 bits per heavy atom. The fourth-order valence-electron chi connectivity index (χ4n) is 1.03. The zero-order valence-corrected chi connectivity index (χ0v) is 6.88. The maximum absolute atomic E-state index is 5.54. The summed E-state index contributed by atoms with van der Waals surface area (Å²) < 4.78 is 0. The second-order valence-electron chi connectivity index (χ2n) is 2.54. The lowest BCUT2D eigenvalue weighted by atomic mass is 10.3. The van der Waals surface area contributed by atoms with Crippen LogP contribution < -0.4 is 5.73 Å². The molecule has 2 rings (SSSR count). The molecule has 0 bridgehead atoms. The third kappa shape index (κ3) is 1.61. The van der Waals surface area contributed by atoms with Gasteiger partial charge in [0.25, 0.3) is 0 Å². The lowest BCUT2D eigenvalue weighted by Crippen LogP contribution is -1.92. The Morgan fingerprint density at radius 3 is 2.69 bits per heavy atom. The first-order valence-corrected chi connectivity index (χ1v) is 3.85. The van der Waals surface area contributed by atoms with Crippen LogP contribution in [0.25, 0.3) is 11.4 Å². The molecule has 0 aliphatic carbocycles. The average molecular weight is 172 g/mol. The lowest BCUT2D eigenvalue weighted by Gasteiger charge is -1.98. The topological polar surface area (TPSA) is 64.7 Å². The molecule has 0 saturated heterocycles. The average Bonchev–Trinajstić information content (AvgIpc) is 2.19. The highest BCUT2D eigenvalue weighted by Gasteiger charge is 1.99. The minimum absolute atomic E-state index is 0.489. The van der Waals surface area contributed by atoms with E-state index in [4.69, 9.17) is 5.73 Å². The minimum Gasteiger partial charge on any atom is -0.384 e. The van der Waals surface area contributed by atoms with E-state index in [0.717, 1.165) is 11.4 Å². The van der Waals surface area contributed by atoms with Gasteiger partial charge < -0.3 is 5.73 Å². The number of nitrogens with two attached hydrogens (primary N) is 1. The first kappa shape index (κ1) is 7.67. The Balaban J connectivity index is 2.48. The van der Waals surface area contributed by atoms with Gasteiger partial charge in [0.05, 0.1) is 11.9 Å². The standard InChI is InChI=1S/C9H8N4/c10-9-3-1-2-7(13-9)8-6-11-4-5-12-8/h1-6H,(H2,10,13). The van der Waals surface area contributed by atoms with Crippen LogP contribution in [0.1, 0.15) is 0 Å². The van der Waals surface area contributed by atoms with Crippen molar-refractivity contribution < 1.29 is 0 Å². The van der Waals surface area contributed by atoms with Gasteiger partial charge in [0.15, 0.2) is 0 Å². The molecular weight excluding hydrogens is 164 g/mol. The van der Waals surface area contributed by atoms with E-state index in [-0.39, 0.29) is 0 Å². The third-order valence-corrected chi connectivity index (χ3v) is 1.60. The number of nitrogen functional groups attached to an aromatic ring is 1. The second-order valence-corrected chi connectivity index (χ2v) is 2.54. The Hall–Kier alpha value is -1.97. The summed E-state index contributed by atoms with van der Waals surface area (Å²) in [6, 6.07) is 5.42. The molecule has 0 saturated carbocycles. The molecule has 2 aromatic rings. The predicted octanol–water partition coefficient (Wildman–Crippen LogP) is 1.12. The van der Waals surface area contributed by atoms with Gasteiger partial charge in [-0.2, -0.15) is 0 Å². The highest BCUT2D eigenvalue weighted by atomic mass is 14.9. The lowest BCUT2D eigenvalue weighted by molar-refractivity contribution is 1.18. The van der Waals surface area contributed by atoms with Crippen LogP contribution in [-0.2, 0) is 0 Å². The minimum atomic E-state index is 0.489. The largest absolute Gasteiger partial charge is 0.384 e. The molecule has 2 heterocycles. The van der Waals surface area contributed by atoms with Gasteiger partial charge in [-0.25, -0.2) is 4.98 Å². The second kappa shape index (κ2) is 3.18. The summed E-state index contributed by atoms with van der Waals surface area (Å²) in [5.41, 5.74) is 7.01. The van der Waals surface area contributed by atoms with Crippen LogP contribution in [0, 0.1) is 0 Å². The molecule has 64 valence electrons. The molecular formula is C9H8N4. The zero-order chi connectivity index (χ0) is 9.10. The molecule has 0 aliphatic heterocycles. The van der Waals surface area contributed by atoms with Gasteiger partial charge in [-0.05, 0) is 12.1 Å². The maximum atomic E-state index is 5.54. The summed E-state index contributed by atoms with van der Waals surface area (Å²) >= 11 is 0. The van der Waals surface area contributed by atoms with Crippen molar-refractivity contribution in [2.24, 2.45) is 0 Å². The molecule has 4 heteroatoms. The molecule has 2 aromatic heterocycles. The van der Waals surface area contributed by atoms with Gasteiger partial charge in [-0.15, -0.1) is 0 Å². The van der Waals surface area contributed by atoms with E-state index in [9.17, 15) is 0 Å². The zero-order valence-electron chi connectivity index (χ0n) is 6.88. The Labute approximate surface area is 75.5 Å². The van der Waals surface area contributed by atoms with Crippen LogP contribution >= 0.6 is 0 Å². The van der Waals surface area contributed by atoms with E-state index >= 15 is 0 Å². The van der Waals surface area contributed by atoms with Crippen LogP contribution in [0.2, 0.25) is 0 Å². The number of hydrogen-bond acceptors (Lipinski definition) is 4. The smallest absolute Gasteiger partial charge is 0.124 e. The van der Waals surface area contributed by atoms with E-state index in [1.165, 1.54) is 0 Å². The Kier molecular flexibility index (Phi) is 1.88. The van der Waals surface area contributed by atoms with Crippen LogP contribution in [0.15, 0.2) is 36.8 Å². The summed E-state index contributed by atoms with van der Waals surface area (Å²) in [7, 11) is 0. The summed E-state index contributed by atoms with van der Waals surface area (Å²) in [5.74, 6) is 0.489. The van der Waals surface area contributed by atoms with Gasteiger partial charge in [0.2, 0.25) is 0 Å². The summed E-state index contributed by atoms with van der Waals surface area (Å²) in [4.78, 5) is 12.2. The first-order chi connectivity index (χ1) is 6.36. The molecule has 13 heavy (non-hydrogen) atoms. The predicted molar refractivity (Wildman–Crippen MR) is 49.7 cm³/mol. The molecule has 0 spiro atoms. The number of anilines is 1. The molecule has 2 N–H and O–H groups in total. The molecule has 4 nitrogen and oxygen atoms in total. The maximum Gasteiger partial charge on any atom is 0.124 e. The van der Waals surface area contributed by atoms with E-state index in [2.05, 4.69) is 15.0 Å². The van der Waals surface area contributed by atoms with E-state index in [1.807, 2.05) is 12.1 Å². The van der Waals surface area contributed by atoms with Gasteiger partial charge in [-0.3, -0.25) is 9.97 Å². The molecule has 0 fully saturated rings. The third-order valence-electron chi connectivity index (χ3n) is 1.60. The van der Waals surface area contributed by atoms with E-state index in [0.29, 0.717) is 5.82 Å². The van der Waals surface area contributed by atoms with E-state index in [1.54, 1.807) is 24.7 Å². The van der Waals surface area contributed by atoms with Crippen molar-refractivity contribution in [3.63, 3.8) is 0 Å². The van der Waals surface area contributed by atoms with Crippen LogP contribution in [0.3, 0.4) is 0 Å². The van der Waals surface area contributed by atoms with Gasteiger partial charge in [0.1, 0.15) is 11.5 Å². The van der Waals surface area contributed by atoms with Gasteiger partial charge >= 0.3 is 0 Å². The highest BCUT2D eigenvalue weighted by Crippen LogP contribution is 2.12. The normalized spacial score (nSPS) is 9.85. The fraction of sp³-hybridized carbons (Fsp3) is 0. The van der Waals surface area contributed by atoms with Gasteiger partial charge in [-0.1, -0.05) is 6.07 Å². The van der Waals surface area contributed by atoms with Crippen molar-refractivity contribution in [1.82, 2.24) is 15.0 Å². The van der Waals surface area contributed by atoms with Crippen LogP contribution in [0.5, 0.6) is 0 Å². The number of nitrogens with zero attached hydrogens (tertiary/aromatic N) is 3. The summed E-state index contributed by atoms with van der Waals surface area (Å²) in [5, 5.41) is 0. The number of aromatic nitrogens is 3. The van der Waals surface area contributed by atoms with Crippen LogP contribution in [0.4, 0.5) is 5.82 Å². The SMILES string of the molecule is Nc1cccc(-c2cnccn2)n1. The number of pyridine rings is 1. The van der Waals surface area contributed by atoms with E-state index < -0.39 is 0 Å². The summed E-state index contributed by atoms with van der Waals surface area (Å²) in [6.45, 7) is 0. The highest BCUT2D eigenvalue weighted by molar-refractivity contribution is 5.54. The van der Waals surface area contributed by atoms with Crippen molar-refractivity contribution in [3.05, 3.63) is 36.8 Å². The fourth-order valence-corrected chi connectivity index (χ4v) is 1.03. The van der Waals surface area contributed by atoms with Crippen molar-refractivity contribution in [2.45, 2.75) is 0 Å². The monoisotopic (exact) mass is 172 g/mol. The van der Waals surface area contributed by atoms with Gasteiger partial charge in [0, 0.05) is 12.4 Å². The van der Waals surface area contributed by atoms with Crippen molar-refractivity contribution >= 4 is 5.82 Å².